The molecule has 152 valence electrons. The van der Waals surface area contributed by atoms with Crippen molar-refractivity contribution in [3.63, 3.8) is 0 Å². The van der Waals surface area contributed by atoms with Crippen LogP contribution in [0.5, 0.6) is 0 Å². The van der Waals surface area contributed by atoms with Crippen molar-refractivity contribution in [1.29, 1.82) is 0 Å². The summed E-state index contributed by atoms with van der Waals surface area (Å²) >= 11 is 1.36. The van der Waals surface area contributed by atoms with E-state index in [0.29, 0.717) is 28.9 Å². The number of halogens is 1. The number of rotatable bonds is 5. The summed E-state index contributed by atoms with van der Waals surface area (Å²) in [6.45, 7) is 6.24. The van der Waals surface area contributed by atoms with Crippen LogP contribution in [0, 0.1) is 12.7 Å². The Morgan fingerprint density at radius 3 is 2.62 bits per heavy atom. The van der Waals surface area contributed by atoms with Crippen LogP contribution in [0.3, 0.4) is 0 Å². The van der Waals surface area contributed by atoms with Crippen molar-refractivity contribution < 1.29 is 13.9 Å². The molecule has 0 spiro atoms. The van der Waals surface area contributed by atoms with Crippen molar-refractivity contribution in [2.75, 3.05) is 33.3 Å². The molecule has 0 radical (unpaired) electrons. The lowest BCUT2D eigenvalue weighted by molar-refractivity contribution is 0.0629. The lowest BCUT2D eigenvalue weighted by atomic mass is 10.1. The Balaban J connectivity index is 1.48. The van der Waals surface area contributed by atoms with Gasteiger partial charge in [0.2, 0.25) is 0 Å². The Labute approximate surface area is 174 Å². The van der Waals surface area contributed by atoms with Crippen molar-refractivity contribution in [3.8, 4) is 0 Å². The zero-order valence-electron chi connectivity index (χ0n) is 16.8. The van der Waals surface area contributed by atoms with Crippen LogP contribution < -0.4 is 0 Å². The highest BCUT2D eigenvalue weighted by atomic mass is 32.1. The van der Waals surface area contributed by atoms with Crippen LogP contribution in [0.1, 0.15) is 26.4 Å². The van der Waals surface area contributed by atoms with E-state index in [0.717, 1.165) is 24.3 Å². The first kappa shape index (κ1) is 20.0. The molecule has 0 aliphatic carbocycles. The third-order valence-electron chi connectivity index (χ3n) is 5.39. The standard InChI is InChI=1S/C23H25FN2O2S/c1-16-5-3-6-17(13-16)14-25-9-11-26(12-10-25)23(27)22-18(15-28-2)21-19(24)7-4-8-20(21)29-22/h3-8,13H,9-12,14-15H2,1-2H3. The van der Waals surface area contributed by atoms with E-state index in [9.17, 15) is 9.18 Å². The Morgan fingerprint density at radius 1 is 1.14 bits per heavy atom. The quantitative estimate of drug-likeness (QED) is 0.621. The van der Waals surface area contributed by atoms with Crippen LogP contribution in [0.15, 0.2) is 42.5 Å². The molecule has 0 atom stereocenters. The summed E-state index contributed by atoms with van der Waals surface area (Å²) in [6, 6.07) is 13.5. The van der Waals surface area contributed by atoms with Gasteiger partial charge in [-0.3, -0.25) is 9.69 Å². The van der Waals surface area contributed by atoms with E-state index in [-0.39, 0.29) is 18.3 Å². The first-order valence-corrected chi connectivity index (χ1v) is 10.6. The number of piperazine rings is 1. The van der Waals surface area contributed by atoms with Gasteiger partial charge in [-0.1, -0.05) is 35.9 Å². The van der Waals surface area contributed by atoms with E-state index in [2.05, 4.69) is 36.1 Å². The summed E-state index contributed by atoms with van der Waals surface area (Å²) in [4.78, 5) is 18.1. The van der Waals surface area contributed by atoms with Gasteiger partial charge in [0.15, 0.2) is 0 Å². The summed E-state index contributed by atoms with van der Waals surface area (Å²) in [7, 11) is 1.57. The zero-order chi connectivity index (χ0) is 20.4. The van der Waals surface area contributed by atoms with Gasteiger partial charge >= 0.3 is 0 Å². The van der Waals surface area contributed by atoms with Crippen LogP contribution in [0.2, 0.25) is 0 Å². The zero-order valence-corrected chi connectivity index (χ0v) is 17.6. The maximum absolute atomic E-state index is 14.4. The molecule has 4 rings (SSSR count). The molecule has 0 unspecified atom stereocenters. The van der Waals surface area contributed by atoms with Crippen LogP contribution >= 0.6 is 11.3 Å². The molecule has 6 heteroatoms. The van der Waals surface area contributed by atoms with Crippen molar-refractivity contribution in [1.82, 2.24) is 9.80 Å². The molecule has 1 amide bonds. The minimum absolute atomic E-state index is 0.0205. The number of carbonyl (C=O) groups excluding carboxylic acids is 1. The van der Waals surface area contributed by atoms with E-state index in [1.54, 1.807) is 13.2 Å². The van der Waals surface area contributed by atoms with E-state index >= 15 is 0 Å². The average molecular weight is 413 g/mol. The van der Waals surface area contributed by atoms with E-state index in [1.807, 2.05) is 11.0 Å². The Hall–Kier alpha value is -2.28. The van der Waals surface area contributed by atoms with Crippen molar-refractivity contribution in [2.24, 2.45) is 0 Å². The normalized spacial score (nSPS) is 15.2. The van der Waals surface area contributed by atoms with Gasteiger partial charge in [0.1, 0.15) is 5.82 Å². The fraction of sp³-hybridized carbons (Fsp3) is 0.348. The smallest absolute Gasteiger partial charge is 0.264 e. The summed E-state index contributed by atoms with van der Waals surface area (Å²) in [6.07, 6.45) is 0. The SMILES string of the molecule is COCc1c(C(=O)N2CCN(Cc3cccc(C)c3)CC2)sc2cccc(F)c12. The number of nitrogens with zero attached hydrogens (tertiary/aromatic N) is 2. The Bertz CT molecular complexity index is 1020. The molecular weight excluding hydrogens is 387 g/mol. The maximum atomic E-state index is 14.4. The Kier molecular flexibility index (Phi) is 5.94. The van der Waals surface area contributed by atoms with E-state index < -0.39 is 0 Å². The number of fused-ring (bicyclic) bond motifs is 1. The average Bonchev–Trinajstić information content (AvgIpc) is 3.08. The molecule has 1 aromatic heterocycles. The van der Waals surface area contributed by atoms with Crippen LogP contribution in [0.4, 0.5) is 4.39 Å². The molecule has 4 nitrogen and oxygen atoms in total. The molecule has 1 aliphatic heterocycles. The van der Waals surface area contributed by atoms with E-state index in [1.165, 1.54) is 28.5 Å². The van der Waals surface area contributed by atoms with Gasteiger partial charge in [0.25, 0.3) is 5.91 Å². The summed E-state index contributed by atoms with van der Waals surface area (Å²) in [5, 5.41) is 0.515. The van der Waals surface area contributed by atoms with Gasteiger partial charge in [-0.25, -0.2) is 4.39 Å². The number of amides is 1. The molecule has 1 saturated heterocycles. The molecule has 2 heterocycles. The summed E-state index contributed by atoms with van der Waals surface area (Å²) in [5.74, 6) is -0.319. The number of hydrogen-bond donors (Lipinski definition) is 0. The maximum Gasteiger partial charge on any atom is 0.264 e. The van der Waals surface area contributed by atoms with Gasteiger partial charge < -0.3 is 9.64 Å². The molecule has 3 aromatic rings. The lowest BCUT2D eigenvalue weighted by Gasteiger charge is -2.34. The van der Waals surface area contributed by atoms with Crippen molar-refractivity contribution >= 4 is 27.3 Å². The molecule has 0 bridgehead atoms. The van der Waals surface area contributed by atoms with Crippen LogP contribution in [0.25, 0.3) is 10.1 Å². The number of ether oxygens (including phenoxy) is 1. The molecule has 0 saturated carbocycles. The molecule has 29 heavy (non-hydrogen) atoms. The fourth-order valence-corrected chi connectivity index (χ4v) is 5.13. The molecule has 0 N–H and O–H groups in total. The predicted molar refractivity (Wildman–Crippen MR) is 115 cm³/mol. The minimum atomic E-state index is -0.298. The summed E-state index contributed by atoms with van der Waals surface area (Å²) < 4.78 is 20.5. The lowest BCUT2D eigenvalue weighted by Crippen LogP contribution is -2.48. The second-order valence-corrected chi connectivity index (χ2v) is 8.57. The van der Waals surface area contributed by atoms with Crippen LogP contribution in [-0.4, -0.2) is 49.0 Å². The number of aryl methyl sites for hydroxylation is 1. The van der Waals surface area contributed by atoms with Gasteiger partial charge in [-0.05, 0) is 24.6 Å². The van der Waals surface area contributed by atoms with E-state index in [4.69, 9.17) is 4.74 Å². The monoisotopic (exact) mass is 412 g/mol. The highest BCUT2D eigenvalue weighted by Crippen LogP contribution is 2.34. The largest absolute Gasteiger partial charge is 0.380 e. The second kappa shape index (κ2) is 8.61. The van der Waals surface area contributed by atoms with Gasteiger partial charge in [0, 0.05) is 55.5 Å². The van der Waals surface area contributed by atoms with Gasteiger partial charge in [-0.2, -0.15) is 0 Å². The van der Waals surface area contributed by atoms with Crippen molar-refractivity contribution in [3.05, 3.63) is 69.8 Å². The first-order valence-electron chi connectivity index (χ1n) is 9.83. The minimum Gasteiger partial charge on any atom is -0.380 e. The predicted octanol–water partition coefficient (Wildman–Crippen LogP) is 4.45. The number of methoxy groups -OCH3 is 1. The van der Waals surface area contributed by atoms with Gasteiger partial charge in [0.05, 0.1) is 11.5 Å². The number of hydrogen-bond acceptors (Lipinski definition) is 4. The van der Waals surface area contributed by atoms with Crippen molar-refractivity contribution in [2.45, 2.75) is 20.1 Å². The molecule has 2 aromatic carbocycles. The molecule has 1 aliphatic rings. The third kappa shape index (κ3) is 4.20. The van der Waals surface area contributed by atoms with Gasteiger partial charge in [-0.15, -0.1) is 11.3 Å². The highest BCUT2D eigenvalue weighted by molar-refractivity contribution is 7.21. The number of thiophene rings is 1. The fourth-order valence-electron chi connectivity index (χ4n) is 3.94. The van der Waals surface area contributed by atoms with Crippen LogP contribution in [-0.2, 0) is 17.9 Å². The second-order valence-electron chi connectivity index (χ2n) is 7.51. The Morgan fingerprint density at radius 2 is 1.90 bits per heavy atom. The topological polar surface area (TPSA) is 32.8 Å². The molecular formula is C23H25FN2O2S. The molecule has 1 fully saturated rings. The summed E-state index contributed by atoms with van der Waals surface area (Å²) in [5.41, 5.74) is 3.23. The first-order chi connectivity index (χ1) is 14.1. The number of benzene rings is 2. The number of carbonyl (C=O) groups is 1. The highest BCUT2D eigenvalue weighted by Gasteiger charge is 2.27. The third-order valence-corrected chi connectivity index (χ3v) is 6.58.